The number of aliphatic carboxylic acids is 1. The Labute approximate surface area is 124 Å². The van der Waals surface area contributed by atoms with Crippen LogP contribution in [-0.2, 0) is 16.0 Å². The zero-order valence-electron chi connectivity index (χ0n) is 11.9. The van der Waals surface area contributed by atoms with Crippen LogP contribution in [0.15, 0.2) is 30.3 Å². The number of carboxylic acids is 1. The number of carboxylic acid groups (broad SMARTS) is 1. The molecule has 0 saturated carbocycles. The molecule has 2 N–H and O–H groups in total. The molecule has 0 aliphatic rings. The van der Waals surface area contributed by atoms with Gasteiger partial charge in [-0.05, 0) is 31.2 Å². The second-order valence-corrected chi connectivity index (χ2v) is 4.85. The molecular formula is C16H20N2O3. The van der Waals surface area contributed by atoms with Crippen molar-refractivity contribution in [2.45, 2.75) is 44.6 Å². The van der Waals surface area contributed by atoms with Crippen LogP contribution < -0.4 is 5.32 Å². The Morgan fingerprint density at radius 2 is 1.95 bits per heavy atom. The molecule has 0 aliphatic heterocycles. The Morgan fingerprint density at radius 1 is 1.24 bits per heavy atom. The van der Waals surface area contributed by atoms with E-state index in [0.717, 1.165) is 5.56 Å². The minimum atomic E-state index is -1.03. The summed E-state index contributed by atoms with van der Waals surface area (Å²) in [7, 11) is 0. The number of rotatable bonds is 9. The Balaban J connectivity index is 2.35. The molecule has 21 heavy (non-hydrogen) atoms. The summed E-state index contributed by atoms with van der Waals surface area (Å²) < 4.78 is 0. The zero-order valence-corrected chi connectivity index (χ0v) is 11.9. The number of nitriles is 1. The molecule has 112 valence electrons. The van der Waals surface area contributed by atoms with Gasteiger partial charge in [-0.2, -0.15) is 5.26 Å². The first-order valence-electron chi connectivity index (χ1n) is 7.06. The van der Waals surface area contributed by atoms with Gasteiger partial charge in [0.05, 0.1) is 6.07 Å². The maximum atomic E-state index is 11.8. The molecular weight excluding hydrogens is 268 g/mol. The van der Waals surface area contributed by atoms with E-state index in [4.69, 9.17) is 10.4 Å². The van der Waals surface area contributed by atoms with Crippen LogP contribution in [0.1, 0.15) is 37.7 Å². The van der Waals surface area contributed by atoms with E-state index in [2.05, 4.69) is 5.32 Å². The number of hydrogen-bond donors (Lipinski definition) is 2. The lowest BCUT2D eigenvalue weighted by atomic mass is 10.1. The fourth-order valence-electron chi connectivity index (χ4n) is 1.98. The van der Waals surface area contributed by atoms with Crippen LogP contribution in [0.25, 0.3) is 0 Å². The van der Waals surface area contributed by atoms with Crippen LogP contribution in [0.4, 0.5) is 0 Å². The van der Waals surface area contributed by atoms with Crippen molar-refractivity contribution in [1.82, 2.24) is 5.32 Å². The number of carbonyl (C=O) groups is 2. The van der Waals surface area contributed by atoms with Gasteiger partial charge >= 0.3 is 5.97 Å². The summed E-state index contributed by atoms with van der Waals surface area (Å²) in [5, 5.41) is 20.1. The third kappa shape index (κ3) is 7.11. The van der Waals surface area contributed by atoms with E-state index in [0.29, 0.717) is 32.1 Å². The molecule has 0 unspecified atom stereocenters. The summed E-state index contributed by atoms with van der Waals surface area (Å²) in [6, 6.07) is 10.7. The molecule has 0 aromatic heterocycles. The van der Waals surface area contributed by atoms with Crippen LogP contribution in [-0.4, -0.2) is 23.0 Å². The van der Waals surface area contributed by atoms with Crippen molar-refractivity contribution in [3.63, 3.8) is 0 Å². The van der Waals surface area contributed by atoms with Crippen molar-refractivity contribution in [2.75, 3.05) is 0 Å². The van der Waals surface area contributed by atoms with Gasteiger partial charge in [-0.25, -0.2) is 4.79 Å². The van der Waals surface area contributed by atoms with Gasteiger partial charge < -0.3 is 10.4 Å². The van der Waals surface area contributed by atoms with Gasteiger partial charge in [0.15, 0.2) is 0 Å². The highest BCUT2D eigenvalue weighted by atomic mass is 16.4. The lowest BCUT2D eigenvalue weighted by molar-refractivity contribution is -0.142. The van der Waals surface area contributed by atoms with E-state index in [9.17, 15) is 9.59 Å². The topological polar surface area (TPSA) is 90.2 Å². The zero-order chi connectivity index (χ0) is 15.5. The van der Waals surface area contributed by atoms with E-state index >= 15 is 0 Å². The molecule has 5 nitrogen and oxygen atoms in total. The summed E-state index contributed by atoms with van der Waals surface area (Å²) in [5.41, 5.74) is 1.05. The van der Waals surface area contributed by atoms with Gasteiger partial charge in [0.2, 0.25) is 5.91 Å². The van der Waals surface area contributed by atoms with Crippen molar-refractivity contribution in [2.24, 2.45) is 0 Å². The van der Waals surface area contributed by atoms with Crippen molar-refractivity contribution in [1.29, 1.82) is 5.26 Å². The minimum Gasteiger partial charge on any atom is -0.480 e. The minimum absolute atomic E-state index is 0.258. The van der Waals surface area contributed by atoms with Gasteiger partial charge in [0.1, 0.15) is 6.04 Å². The van der Waals surface area contributed by atoms with Crippen molar-refractivity contribution < 1.29 is 14.7 Å². The maximum absolute atomic E-state index is 11.8. The van der Waals surface area contributed by atoms with Crippen LogP contribution in [0.5, 0.6) is 0 Å². The fraction of sp³-hybridized carbons (Fsp3) is 0.438. The van der Waals surface area contributed by atoms with Crippen molar-refractivity contribution >= 4 is 11.9 Å². The van der Waals surface area contributed by atoms with E-state index in [1.807, 2.05) is 36.4 Å². The number of aryl methyl sites for hydroxylation is 1. The predicted octanol–water partition coefficient (Wildman–Crippen LogP) is 2.27. The van der Waals surface area contributed by atoms with Gasteiger partial charge in [0, 0.05) is 12.8 Å². The fourth-order valence-corrected chi connectivity index (χ4v) is 1.98. The molecule has 0 aliphatic carbocycles. The normalized spacial score (nSPS) is 11.4. The van der Waals surface area contributed by atoms with Crippen LogP contribution >= 0.6 is 0 Å². The largest absolute Gasteiger partial charge is 0.480 e. The lowest BCUT2D eigenvalue weighted by Gasteiger charge is -2.14. The molecule has 1 amide bonds. The highest BCUT2D eigenvalue weighted by Crippen LogP contribution is 2.06. The molecule has 1 rings (SSSR count). The third-order valence-electron chi connectivity index (χ3n) is 3.15. The second-order valence-electron chi connectivity index (χ2n) is 4.85. The molecule has 0 saturated heterocycles. The van der Waals surface area contributed by atoms with Gasteiger partial charge in [0.25, 0.3) is 0 Å². The lowest BCUT2D eigenvalue weighted by Crippen LogP contribution is -2.40. The van der Waals surface area contributed by atoms with Gasteiger partial charge in [-0.3, -0.25) is 4.79 Å². The SMILES string of the molecule is N#CCCCC[C@H](NC(=O)CCc1ccccc1)C(=O)O. The van der Waals surface area contributed by atoms with Crippen molar-refractivity contribution in [3.8, 4) is 6.07 Å². The molecule has 0 heterocycles. The number of nitrogens with zero attached hydrogens (tertiary/aromatic N) is 1. The standard InChI is InChI=1S/C16H20N2O3/c17-12-6-2-5-9-14(16(20)21)18-15(19)11-10-13-7-3-1-4-8-13/h1,3-4,7-8,14H,2,5-6,9-11H2,(H,18,19)(H,20,21)/t14-/m0/s1. The summed E-state index contributed by atoms with van der Waals surface area (Å²) in [6.45, 7) is 0. The van der Waals surface area contributed by atoms with Gasteiger partial charge in [-0.15, -0.1) is 0 Å². The third-order valence-corrected chi connectivity index (χ3v) is 3.15. The van der Waals surface area contributed by atoms with E-state index in [1.54, 1.807) is 0 Å². The van der Waals surface area contributed by atoms with Gasteiger partial charge in [-0.1, -0.05) is 30.3 Å². The van der Waals surface area contributed by atoms with E-state index in [-0.39, 0.29) is 12.3 Å². The highest BCUT2D eigenvalue weighted by Gasteiger charge is 2.19. The molecule has 1 aromatic carbocycles. The summed E-state index contributed by atoms with van der Waals surface area (Å²) in [6.07, 6.45) is 2.89. The van der Waals surface area contributed by atoms with E-state index in [1.165, 1.54) is 0 Å². The van der Waals surface area contributed by atoms with Crippen LogP contribution in [0.2, 0.25) is 0 Å². The second kappa shape index (κ2) is 9.54. The number of amides is 1. The number of nitrogens with one attached hydrogen (secondary N) is 1. The molecule has 0 fully saturated rings. The summed E-state index contributed by atoms with van der Waals surface area (Å²) in [4.78, 5) is 22.9. The average Bonchev–Trinajstić information content (AvgIpc) is 2.49. The number of hydrogen-bond acceptors (Lipinski definition) is 3. The first-order chi connectivity index (χ1) is 10.1. The smallest absolute Gasteiger partial charge is 0.326 e. The Hall–Kier alpha value is -2.35. The van der Waals surface area contributed by atoms with Crippen LogP contribution in [0, 0.1) is 11.3 Å². The van der Waals surface area contributed by atoms with Crippen molar-refractivity contribution in [3.05, 3.63) is 35.9 Å². The monoisotopic (exact) mass is 288 g/mol. The average molecular weight is 288 g/mol. The number of unbranched alkanes of at least 4 members (excludes halogenated alkanes) is 2. The molecule has 1 aromatic rings. The Kier molecular flexibility index (Phi) is 7.59. The highest BCUT2D eigenvalue weighted by molar-refractivity contribution is 5.83. The Bertz CT molecular complexity index is 494. The van der Waals surface area contributed by atoms with Crippen LogP contribution in [0.3, 0.4) is 0 Å². The number of benzene rings is 1. The first-order valence-corrected chi connectivity index (χ1v) is 7.06. The quantitative estimate of drug-likeness (QED) is 0.682. The summed E-state index contributed by atoms with van der Waals surface area (Å²) in [5.74, 6) is -1.29. The maximum Gasteiger partial charge on any atom is 0.326 e. The number of carbonyl (C=O) groups excluding carboxylic acids is 1. The molecule has 0 radical (unpaired) electrons. The first kappa shape index (κ1) is 16.7. The Morgan fingerprint density at radius 3 is 2.57 bits per heavy atom. The predicted molar refractivity (Wildman–Crippen MR) is 78.4 cm³/mol. The molecule has 0 spiro atoms. The summed E-state index contributed by atoms with van der Waals surface area (Å²) >= 11 is 0. The molecule has 0 bridgehead atoms. The molecule has 1 atom stereocenters. The van der Waals surface area contributed by atoms with E-state index < -0.39 is 12.0 Å². The molecule has 5 heteroatoms.